The van der Waals surface area contributed by atoms with E-state index in [-0.39, 0.29) is 10.6 Å². The predicted molar refractivity (Wildman–Crippen MR) is 94.6 cm³/mol. The number of hydrogen-bond acceptors (Lipinski definition) is 5. The van der Waals surface area contributed by atoms with E-state index >= 15 is 0 Å². The second kappa shape index (κ2) is 8.08. The van der Waals surface area contributed by atoms with Gasteiger partial charge in [-0.15, -0.1) is 0 Å². The normalized spacial score (nSPS) is 10.8. The largest absolute Gasteiger partial charge is 0.504 e. The maximum atomic E-state index is 12.3. The Balaban J connectivity index is 2.29. The van der Waals surface area contributed by atoms with Crippen LogP contribution >= 0.6 is 11.6 Å². The van der Waals surface area contributed by atoms with Crippen molar-refractivity contribution in [2.75, 3.05) is 11.9 Å². The topological polar surface area (TPSA) is 103 Å². The molecule has 2 aromatic rings. The van der Waals surface area contributed by atoms with Crippen LogP contribution in [0.15, 0.2) is 42.0 Å². The Kier molecular flexibility index (Phi) is 5.88. The van der Waals surface area contributed by atoms with E-state index in [1.807, 2.05) is 6.92 Å². The molecule has 6 nitrogen and oxygen atoms in total. The summed E-state index contributed by atoms with van der Waals surface area (Å²) in [4.78, 5) is 12.3. The fraction of sp³-hybridized carbons (Fsp3) is 0.111. The first kappa shape index (κ1) is 18.2. The van der Waals surface area contributed by atoms with Crippen molar-refractivity contribution < 1.29 is 19.7 Å². The molecular weight excluding hydrogens is 344 g/mol. The lowest BCUT2D eigenvalue weighted by Crippen LogP contribution is -2.14. The summed E-state index contributed by atoms with van der Waals surface area (Å²) >= 11 is 5.77. The van der Waals surface area contributed by atoms with Gasteiger partial charge in [-0.3, -0.25) is 4.79 Å². The molecule has 0 aromatic heterocycles. The molecule has 0 aliphatic heterocycles. The molecule has 0 fully saturated rings. The number of halogens is 1. The van der Waals surface area contributed by atoms with Crippen molar-refractivity contribution in [1.82, 2.24) is 0 Å². The molecule has 1 amide bonds. The number of carbonyl (C=O) groups excluding carboxylic acids is 1. The number of nitriles is 1. The number of phenols is 2. The van der Waals surface area contributed by atoms with E-state index in [1.54, 1.807) is 30.3 Å². The minimum atomic E-state index is -0.640. The molecule has 0 saturated heterocycles. The molecule has 2 rings (SSSR count). The van der Waals surface area contributed by atoms with Crippen LogP contribution in [0.25, 0.3) is 6.08 Å². The number of anilines is 1. The minimum Gasteiger partial charge on any atom is -0.504 e. The predicted octanol–water partition coefficient (Wildman–Crippen LogP) is 3.70. The van der Waals surface area contributed by atoms with E-state index in [4.69, 9.17) is 16.3 Å². The summed E-state index contributed by atoms with van der Waals surface area (Å²) in [6.07, 6.45) is 1.25. The Hall–Kier alpha value is -3.17. The summed E-state index contributed by atoms with van der Waals surface area (Å²) in [5, 5.41) is 30.8. The van der Waals surface area contributed by atoms with Crippen molar-refractivity contribution in [3.05, 3.63) is 52.6 Å². The molecule has 0 saturated carbocycles. The first-order valence-electron chi connectivity index (χ1n) is 7.32. The molecule has 0 unspecified atom stereocenters. The van der Waals surface area contributed by atoms with E-state index in [0.29, 0.717) is 23.6 Å². The molecular formula is C18H15ClN2O4. The van der Waals surface area contributed by atoms with Gasteiger partial charge in [0.25, 0.3) is 5.91 Å². The highest BCUT2D eigenvalue weighted by Gasteiger charge is 2.13. The standard InChI is InChI=1S/C18H15ClN2O4/c1-2-25-16-6-4-3-5-14(16)21-18(24)12(10-20)7-11-8-13(19)17(23)15(22)9-11/h3-9,22-23H,2H2,1H3,(H,21,24)/b12-7+. The summed E-state index contributed by atoms with van der Waals surface area (Å²) in [5.74, 6) is -1.06. The molecule has 0 radical (unpaired) electrons. The highest BCUT2D eigenvalue weighted by Crippen LogP contribution is 2.34. The van der Waals surface area contributed by atoms with Gasteiger partial charge in [-0.25, -0.2) is 0 Å². The van der Waals surface area contributed by atoms with Gasteiger partial charge in [0.1, 0.15) is 17.4 Å². The third-order valence-electron chi connectivity index (χ3n) is 3.18. The van der Waals surface area contributed by atoms with Gasteiger partial charge >= 0.3 is 0 Å². The molecule has 128 valence electrons. The Bertz CT molecular complexity index is 849. The lowest BCUT2D eigenvalue weighted by atomic mass is 10.1. The van der Waals surface area contributed by atoms with E-state index in [2.05, 4.69) is 5.32 Å². The average molecular weight is 359 g/mol. The molecule has 0 heterocycles. The summed E-state index contributed by atoms with van der Waals surface area (Å²) < 4.78 is 5.42. The van der Waals surface area contributed by atoms with Crippen LogP contribution in [-0.2, 0) is 4.79 Å². The van der Waals surface area contributed by atoms with Gasteiger partial charge in [-0.1, -0.05) is 23.7 Å². The number of carbonyl (C=O) groups is 1. The number of ether oxygens (including phenoxy) is 1. The first-order valence-corrected chi connectivity index (χ1v) is 7.70. The minimum absolute atomic E-state index is 0.0920. The zero-order chi connectivity index (χ0) is 18.4. The maximum Gasteiger partial charge on any atom is 0.266 e. The Morgan fingerprint density at radius 1 is 1.36 bits per heavy atom. The highest BCUT2D eigenvalue weighted by molar-refractivity contribution is 6.32. The van der Waals surface area contributed by atoms with Crippen LogP contribution < -0.4 is 10.1 Å². The Morgan fingerprint density at radius 3 is 2.72 bits per heavy atom. The second-order valence-electron chi connectivity index (χ2n) is 4.92. The number of aromatic hydroxyl groups is 2. The summed E-state index contributed by atoms with van der Waals surface area (Å²) in [7, 11) is 0. The first-order chi connectivity index (χ1) is 12.0. The monoisotopic (exact) mass is 358 g/mol. The average Bonchev–Trinajstić information content (AvgIpc) is 2.59. The molecule has 0 aliphatic carbocycles. The number of hydrogen-bond donors (Lipinski definition) is 3. The molecule has 0 atom stereocenters. The van der Waals surface area contributed by atoms with Crippen LogP contribution in [0.4, 0.5) is 5.69 Å². The quantitative estimate of drug-likeness (QED) is 0.429. The van der Waals surface area contributed by atoms with Gasteiger partial charge in [-0.05, 0) is 42.8 Å². The molecule has 3 N–H and O–H groups in total. The molecule has 0 spiro atoms. The van der Waals surface area contributed by atoms with Crippen LogP contribution in [0.5, 0.6) is 17.2 Å². The van der Waals surface area contributed by atoms with Gasteiger partial charge in [0, 0.05) is 0 Å². The maximum absolute atomic E-state index is 12.3. The molecule has 7 heteroatoms. The number of nitrogens with one attached hydrogen (secondary N) is 1. The number of amides is 1. The number of rotatable bonds is 5. The van der Waals surface area contributed by atoms with Crippen molar-refractivity contribution in [3.63, 3.8) is 0 Å². The number of nitrogens with zero attached hydrogens (tertiary/aromatic N) is 1. The Labute approximate surface area is 149 Å². The van der Waals surface area contributed by atoms with Crippen LogP contribution in [0.1, 0.15) is 12.5 Å². The van der Waals surface area contributed by atoms with Crippen molar-refractivity contribution in [3.8, 4) is 23.3 Å². The molecule has 0 aliphatic rings. The van der Waals surface area contributed by atoms with E-state index in [1.165, 1.54) is 18.2 Å². The molecule has 25 heavy (non-hydrogen) atoms. The fourth-order valence-corrected chi connectivity index (χ4v) is 2.27. The summed E-state index contributed by atoms with van der Waals surface area (Å²) in [5.41, 5.74) is 0.527. The van der Waals surface area contributed by atoms with Crippen molar-refractivity contribution >= 4 is 29.3 Å². The SMILES string of the molecule is CCOc1ccccc1NC(=O)/C(C#N)=C/c1cc(O)c(O)c(Cl)c1. The number of benzene rings is 2. The third-order valence-corrected chi connectivity index (χ3v) is 3.46. The van der Waals surface area contributed by atoms with Gasteiger partial charge in [0.15, 0.2) is 11.5 Å². The van der Waals surface area contributed by atoms with Crippen LogP contribution in [0.2, 0.25) is 5.02 Å². The summed E-state index contributed by atoms with van der Waals surface area (Å²) in [6, 6.07) is 11.2. The third kappa shape index (κ3) is 4.43. The number of para-hydroxylation sites is 2. The second-order valence-corrected chi connectivity index (χ2v) is 5.33. The van der Waals surface area contributed by atoms with Crippen LogP contribution in [0.3, 0.4) is 0 Å². The fourth-order valence-electron chi connectivity index (χ4n) is 2.04. The van der Waals surface area contributed by atoms with E-state index < -0.39 is 17.4 Å². The van der Waals surface area contributed by atoms with Gasteiger partial charge in [0.05, 0.1) is 17.3 Å². The smallest absolute Gasteiger partial charge is 0.266 e. The highest BCUT2D eigenvalue weighted by atomic mass is 35.5. The zero-order valence-electron chi connectivity index (χ0n) is 13.3. The van der Waals surface area contributed by atoms with Crippen molar-refractivity contribution in [1.29, 1.82) is 5.26 Å². The lowest BCUT2D eigenvalue weighted by Gasteiger charge is -2.10. The van der Waals surface area contributed by atoms with Crippen molar-refractivity contribution in [2.24, 2.45) is 0 Å². The van der Waals surface area contributed by atoms with Crippen LogP contribution in [0, 0.1) is 11.3 Å². The lowest BCUT2D eigenvalue weighted by molar-refractivity contribution is -0.112. The van der Waals surface area contributed by atoms with E-state index in [9.17, 15) is 20.3 Å². The van der Waals surface area contributed by atoms with Crippen molar-refractivity contribution in [2.45, 2.75) is 6.92 Å². The number of phenolic OH excluding ortho intramolecular Hbond substituents is 2. The molecule has 0 bridgehead atoms. The summed E-state index contributed by atoms with van der Waals surface area (Å²) in [6.45, 7) is 2.25. The van der Waals surface area contributed by atoms with Gasteiger partial charge in [0.2, 0.25) is 0 Å². The van der Waals surface area contributed by atoms with Gasteiger partial charge < -0.3 is 20.3 Å². The van der Waals surface area contributed by atoms with Gasteiger partial charge in [-0.2, -0.15) is 5.26 Å². The zero-order valence-corrected chi connectivity index (χ0v) is 14.0. The molecule has 2 aromatic carbocycles. The Morgan fingerprint density at radius 2 is 2.08 bits per heavy atom. The van der Waals surface area contributed by atoms with E-state index in [0.717, 1.165) is 0 Å². The van der Waals surface area contributed by atoms with Crippen LogP contribution in [-0.4, -0.2) is 22.7 Å².